The number of aliphatic hydroxyl groups is 2. The van der Waals surface area contributed by atoms with Gasteiger partial charge in [-0.15, -0.1) is 0 Å². The summed E-state index contributed by atoms with van der Waals surface area (Å²) in [6, 6.07) is 6.12. The molecule has 0 aliphatic carbocycles. The van der Waals surface area contributed by atoms with Gasteiger partial charge in [0, 0.05) is 23.9 Å². The van der Waals surface area contributed by atoms with Gasteiger partial charge in [-0.05, 0) is 29.3 Å². The zero-order chi connectivity index (χ0) is 19.3. The van der Waals surface area contributed by atoms with Crippen LogP contribution in [0.5, 0.6) is 5.75 Å². The Balaban J connectivity index is 2.34. The average Bonchev–Trinajstić information content (AvgIpc) is 2.56. The third-order valence-electron chi connectivity index (χ3n) is 3.71. The molecule has 0 heterocycles. The number of aliphatic hydroxyl groups excluding tert-OH is 2. The molecule has 0 saturated carbocycles. The van der Waals surface area contributed by atoms with Crippen LogP contribution >= 0.6 is 11.6 Å². The van der Waals surface area contributed by atoms with Crippen molar-refractivity contribution in [3.63, 3.8) is 0 Å². The standard InChI is InChI=1S/C18H18ClF2NO4/c19-12-2-1-10(15(21)7-12)5-11-6-13(20)8-16(17(11)18(22)25)26-4-3-14(24)9-23/h1-2,6-8,14,23-24H,3-5,9H2,(H2,22,25)/t14-/m1/s1. The molecule has 2 aromatic carbocycles. The molecule has 0 aromatic heterocycles. The van der Waals surface area contributed by atoms with Gasteiger partial charge in [-0.2, -0.15) is 0 Å². The molecule has 1 atom stereocenters. The highest BCUT2D eigenvalue weighted by Gasteiger charge is 2.19. The zero-order valence-electron chi connectivity index (χ0n) is 13.7. The molecule has 0 aliphatic heterocycles. The molecule has 140 valence electrons. The van der Waals surface area contributed by atoms with Crippen molar-refractivity contribution in [3.05, 3.63) is 63.7 Å². The molecule has 26 heavy (non-hydrogen) atoms. The van der Waals surface area contributed by atoms with Crippen molar-refractivity contribution < 1.29 is 28.5 Å². The van der Waals surface area contributed by atoms with E-state index in [4.69, 9.17) is 27.2 Å². The van der Waals surface area contributed by atoms with Crippen LogP contribution in [0.2, 0.25) is 5.02 Å². The second-order valence-corrected chi connectivity index (χ2v) is 6.12. The molecule has 0 bridgehead atoms. The first-order valence-corrected chi connectivity index (χ1v) is 8.17. The van der Waals surface area contributed by atoms with Crippen molar-refractivity contribution in [3.8, 4) is 5.75 Å². The Kier molecular flexibility index (Phi) is 6.90. The van der Waals surface area contributed by atoms with Crippen LogP contribution in [0.4, 0.5) is 8.78 Å². The molecule has 0 aliphatic rings. The second kappa shape index (κ2) is 8.93. The van der Waals surface area contributed by atoms with Crippen LogP contribution in [-0.2, 0) is 6.42 Å². The summed E-state index contributed by atoms with van der Waals surface area (Å²) in [5.74, 6) is -2.23. The van der Waals surface area contributed by atoms with E-state index in [9.17, 15) is 18.7 Å². The molecule has 1 amide bonds. The number of carbonyl (C=O) groups is 1. The maximum atomic E-state index is 14.0. The van der Waals surface area contributed by atoms with Crippen molar-refractivity contribution in [2.24, 2.45) is 5.73 Å². The fraction of sp³-hybridized carbons (Fsp3) is 0.278. The summed E-state index contributed by atoms with van der Waals surface area (Å²) < 4.78 is 33.3. The molecule has 0 spiro atoms. The summed E-state index contributed by atoms with van der Waals surface area (Å²) in [5.41, 5.74) is 5.70. The predicted octanol–water partition coefficient (Wildman–Crippen LogP) is 2.43. The molecule has 5 nitrogen and oxygen atoms in total. The summed E-state index contributed by atoms with van der Waals surface area (Å²) in [7, 11) is 0. The number of nitrogens with two attached hydrogens (primary N) is 1. The van der Waals surface area contributed by atoms with E-state index in [0.717, 1.165) is 18.2 Å². The van der Waals surface area contributed by atoms with E-state index in [1.165, 1.54) is 12.1 Å². The van der Waals surface area contributed by atoms with Gasteiger partial charge in [0.25, 0.3) is 5.91 Å². The van der Waals surface area contributed by atoms with E-state index in [-0.39, 0.29) is 46.9 Å². The largest absolute Gasteiger partial charge is 0.493 e. The number of rotatable bonds is 8. The van der Waals surface area contributed by atoms with Crippen LogP contribution in [0, 0.1) is 11.6 Å². The van der Waals surface area contributed by atoms with E-state index >= 15 is 0 Å². The first-order chi connectivity index (χ1) is 12.3. The van der Waals surface area contributed by atoms with Gasteiger partial charge >= 0.3 is 0 Å². The number of halogens is 3. The number of carbonyl (C=O) groups excluding carboxylic acids is 1. The normalized spacial score (nSPS) is 12.0. The Bertz CT molecular complexity index is 801. The lowest BCUT2D eigenvalue weighted by atomic mass is 9.98. The highest BCUT2D eigenvalue weighted by atomic mass is 35.5. The molecule has 0 saturated heterocycles. The number of hydrogen-bond acceptors (Lipinski definition) is 4. The summed E-state index contributed by atoms with van der Waals surface area (Å²) in [6.07, 6.45) is -1.01. The maximum absolute atomic E-state index is 14.0. The summed E-state index contributed by atoms with van der Waals surface area (Å²) in [4.78, 5) is 11.9. The van der Waals surface area contributed by atoms with Crippen LogP contribution in [0.1, 0.15) is 27.9 Å². The monoisotopic (exact) mass is 385 g/mol. The molecule has 8 heteroatoms. The molecule has 4 N–H and O–H groups in total. The Morgan fingerprint density at radius 3 is 2.58 bits per heavy atom. The fourth-order valence-electron chi connectivity index (χ4n) is 2.44. The van der Waals surface area contributed by atoms with Gasteiger partial charge in [-0.1, -0.05) is 17.7 Å². The van der Waals surface area contributed by atoms with E-state index in [0.29, 0.717) is 0 Å². The SMILES string of the molecule is NC(=O)c1c(Cc2ccc(Cl)cc2F)cc(F)cc1OCC[C@@H](O)CO. The third kappa shape index (κ3) is 5.14. The molecule has 2 aromatic rings. The van der Waals surface area contributed by atoms with Crippen molar-refractivity contribution in [1.82, 2.24) is 0 Å². The van der Waals surface area contributed by atoms with E-state index in [1.807, 2.05) is 0 Å². The van der Waals surface area contributed by atoms with Crippen LogP contribution in [0.15, 0.2) is 30.3 Å². The summed E-state index contributed by atoms with van der Waals surface area (Å²) in [6.45, 7) is -0.517. The summed E-state index contributed by atoms with van der Waals surface area (Å²) >= 11 is 5.71. The Morgan fingerprint density at radius 1 is 1.23 bits per heavy atom. The molecular formula is C18H18ClF2NO4. The van der Waals surface area contributed by atoms with Gasteiger partial charge in [0.05, 0.1) is 24.9 Å². The second-order valence-electron chi connectivity index (χ2n) is 5.69. The minimum absolute atomic E-state index is 0.0692. The van der Waals surface area contributed by atoms with Gasteiger partial charge in [-0.3, -0.25) is 4.79 Å². The first kappa shape index (κ1) is 20.1. The van der Waals surface area contributed by atoms with E-state index in [2.05, 4.69) is 0 Å². The van der Waals surface area contributed by atoms with Crippen molar-refractivity contribution in [1.29, 1.82) is 0 Å². The number of amides is 1. The highest BCUT2D eigenvalue weighted by Crippen LogP contribution is 2.28. The van der Waals surface area contributed by atoms with E-state index in [1.54, 1.807) is 0 Å². The van der Waals surface area contributed by atoms with Gasteiger partial charge in [0.15, 0.2) is 0 Å². The minimum atomic E-state index is -0.997. The number of primary amides is 1. The van der Waals surface area contributed by atoms with Crippen LogP contribution in [-0.4, -0.2) is 35.4 Å². The Labute approximate surface area is 154 Å². The Morgan fingerprint density at radius 2 is 1.96 bits per heavy atom. The molecule has 2 rings (SSSR count). The van der Waals surface area contributed by atoms with Gasteiger partial charge in [0.1, 0.15) is 17.4 Å². The fourth-order valence-corrected chi connectivity index (χ4v) is 2.59. The van der Waals surface area contributed by atoms with Crippen LogP contribution in [0.25, 0.3) is 0 Å². The zero-order valence-corrected chi connectivity index (χ0v) is 14.5. The lowest BCUT2D eigenvalue weighted by Crippen LogP contribution is -2.19. The summed E-state index contributed by atoms with van der Waals surface area (Å²) in [5, 5.41) is 18.3. The van der Waals surface area contributed by atoms with Crippen LogP contribution < -0.4 is 10.5 Å². The Hall–Kier alpha value is -2.22. The molecular weight excluding hydrogens is 368 g/mol. The van der Waals surface area contributed by atoms with Crippen molar-refractivity contribution in [2.45, 2.75) is 18.9 Å². The molecule has 0 radical (unpaired) electrons. The highest BCUT2D eigenvalue weighted by molar-refractivity contribution is 6.30. The minimum Gasteiger partial charge on any atom is -0.493 e. The maximum Gasteiger partial charge on any atom is 0.252 e. The third-order valence-corrected chi connectivity index (χ3v) is 3.95. The van der Waals surface area contributed by atoms with E-state index < -0.39 is 30.3 Å². The quantitative estimate of drug-likeness (QED) is 0.650. The predicted molar refractivity (Wildman–Crippen MR) is 92.3 cm³/mol. The lowest BCUT2D eigenvalue weighted by molar-refractivity contribution is 0.0750. The van der Waals surface area contributed by atoms with Gasteiger partial charge in [-0.25, -0.2) is 8.78 Å². The molecule has 0 fully saturated rings. The van der Waals surface area contributed by atoms with Crippen molar-refractivity contribution in [2.75, 3.05) is 13.2 Å². The first-order valence-electron chi connectivity index (χ1n) is 7.79. The van der Waals surface area contributed by atoms with Gasteiger partial charge in [0.2, 0.25) is 0 Å². The average molecular weight is 386 g/mol. The number of ether oxygens (including phenoxy) is 1. The van der Waals surface area contributed by atoms with Crippen molar-refractivity contribution >= 4 is 17.5 Å². The molecule has 0 unspecified atom stereocenters. The van der Waals surface area contributed by atoms with Crippen LogP contribution in [0.3, 0.4) is 0 Å². The van der Waals surface area contributed by atoms with Gasteiger partial charge < -0.3 is 20.7 Å². The number of hydrogen-bond donors (Lipinski definition) is 3. The smallest absolute Gasteiger partial charge is 0.252 e. The topological polar surface area (TPSA) is 92.8 Å². The lowest BCUT2D eigenvalue weighted by Gasteiger charge is -2.15. The number of benzene rings is 2.